The van der Waals surface area contributed by atoms with E-state index in [0.717, 1.165) is 5.56 Å². The number of rotatable bonds is 3. The zero-order chi connectivity index (χ0) is 16.1. The Bertz CT molecular complexity index is 703. The molecule has 0 bridgehead atoms. The molecule has 1 aliphatic rings. The van der Waals surface area contributed by atoms with Gasteiger partial charge in [0.2, 0.25) is 0 Å². The lowest BCUT2D eigenvalue weighted by atomic mass is 9.86. The number of nitrogens with zero attached hydrogens (tertiary/aromatic N) is 1. The Labute approximate surface area is 129 Å². The lowest BCUT2D eigenvalue weighted by Gasteiger charge is -2.18. The van der Waals surface area contributed by atoms with Crippen molar-refractivity contribution in [3.8, 4) is 6.07 Å². The highest BCUT2D eigenvalue weighted by Crippen LogP contribution is 2.29. The molecule has 0 spiro atoms. The monoisotopic (exact) mass is 295 g/mol. The van der Waals surface area contributed by atoms with Gasteiger partial charge >= 0.3 is 5.97 Å². The summed E-state index contributed by atoms with van der Waals surface area (Å²) < 4.78 is 5.04. The summed E-state index contributed by atoms with van der Waals surface area (Å²) >= 11 is 0. The van der Waals surface area contributed by atoms with E-state index in [1.165, 1.54) is 0 Å². The van der Waals surface area contributed by atoms with Gasteiger partial charge in [-0.3, -0.25) is 4.79 Å². The van der Waals surface area contributed by atoms with Crippen molar-refractivity contribution in [1.29, 1.82) is 5.26 Å². The average Bonchev–Trinajstić information content (AvgIpc) is 2.52. The Hall–Kier alpha value is -2.67. The second kappa shape index (κ2) is 6.86. The number of esters is 1. The number of Topliss-reactive ketones (excluding diaryl/α,β-unsaturated/α-hetero) is 1. The van der Waals surface area contributed by atoms with Crippen LogP contribution in [0, 0.1) is 11.3 Å². The van der Waals surface area contributed by atoms with E-state index in [9.17, 15) is 9.59 Å². The van der Waals surface area contributed by atoms with Crippen molar-refractivity contribution in [2.45, 2.75) is 26.7 Å². The minimum absolute atomic E-state index is 0.0231. The number of benzene rings is 1. The maximum absolute atomic E-state index is 12.2. The Balaban J connectivity index is 2.39. The molecule has 0 N–H and O–H groups in total. The van der Waals surface area contributed by atoms with Gasteiger partial charge in [-0.05, 0) is 49.6 Å². The molecule has 1 aromatic carbocycles. The molecule has 112 valence electrons. The van der Waals surface area contributed by atoms with Gasteiger partial charge in [0.1, 0.15) is 0 Å². The first-order valence-electron chi connectivity index (χ1n) is 7.19. The number of ether oxygens (including phenoxy) is 1. The Kier molecular flexibility index (Phi) is 4.90. The van der Waals surface area contributed by atoms with Crippen LogP contribution in [-0.2, 0) is 14.3 Å². The van der Waals surface area contributed by atoms with E-state index in [4.69, 9.17) is 10.00 Å². The topological polar surface area (TPSA) is 67.2 Å². The van der Waals surface area contributed by atoms with E-state index in [-0.39, 0.29) is 11.8 Å². The van der Waals surface area contributed by atoms with Crippen LogP contribution >= 0.6 is 0 Å². The summed E-state index contributed by atoms with van der Waals surface area (Å²) in [6, 6.07) is 9.02. The van der Waals surface area contributed by atoms with Crippen molar-refractivity contribution in [3.05, 3.63) is 52.1 Å². The largest absolute Gasteiger partial charge is 0.463 e. The van der Waals surface area contributed by atoms with Crippen LogP contribution in [0.1, 0.15) is 37.8 Å². The normalized spacial score (nSPS) is 16.6. The van der Waals surface area contributed by atoms with Gasteiger partial charge in [0.05, 0.1) is 18.2 Å². The summed E-state index contributed by atoms with van der Waals surface area (Å²) in [5, 5.41) is 8.80. The third kappa shape index (κ3) is 3.32. The van der Waals surface area contributed by atoms with Crippen molar-refractivity contribution in [2.24, 2.45) is 0 Å². The SMILES string of the molecule is CCOC(=O)C1=C(C)/C(=C/c2ccc(C#N)cc2)C(=O)CC1. The molecule has 1 aromatic rings. The molecule has 0 saturated heterocycles. The summed E-state index contributed by atoms with van der Waals surface area (Å²) in [6.45, 7) is 3.85. The van der Waals surface area contributed by atoms with Crippen molar-refractivity contribution < 1.29 is 14.3 Å². The van der Waals surface area contributed by atoms with Gasteiger partial charge in [0.25, 0.3) is 0 Å². The van der Waals surface area contributed by atoms with Crippen LogP contribution in [-0.4, -0.2) is 18.4 Å². The van der Waals surface area contributed by atoms with E-state index in [0.29, 0.717) is 41.7 Å². The molecule has 4 nitrogen and oxygen atoms in total. The highest BCUT2D eigenvalue weighted by molar-refractivity contribution is 6.08. The first-order valence-corrected chi connectivity index (χ1v) is 7.19. The van der Waals surface area contributed by atoms with Gasteiger partial charge in [0, 0.05) is 17.6 Å². The Morgan fingerprint density at radius 3 is 2.59 bits per heavy atom. The molecule has 0 amide bonds. The van der Waals surface area contributed by atoms with Crippen LogP contribution in [0.15, 0.2) is 41.0 Å². The number of carbonyl (C=O) groups excluding carboxylic acids is 2. The Morgan fingerprint density at radius 1 is 1.32 bits per heavy atom. The maximum atomic E-state index is 12.2. The molecule has 0 aliphatic heterocycles. The maximum Gasteiger partial charge on any atom is 0.334 e. The summed E-state index contributed by atoms with van der Waals surface area (Å²) in [7, 11) is 0. The summed E-state index contributed by atoms with van der Waals surface area (Å²) in [6.07, 6.45) is 2.50. The predicted octanol–water partition coefficient (Wildman–Crippen LogP) is 3.18. The highest BCUT2D eigenvalue weighted by atomic mass is 16.5. The summed E-state index contributed by atoms with van der Waals surface area (Å²) in [5.74, 6) is -0.326. The fourth-order valence-corrected chi connectivity index (χ4v) is 2.42. The van der Waals surface area contributed by atoms with Crippen LogP contribution in [0.2, 0.25) is 0 Å². The first kappa shape index (κ1) is 15.7. The standard InChI is InChI=1S/C18H17NO3/c1-3-22-18(21)15-8-9-17(20)16(12(15)2)10-13-4-6-14(11-19)7-5-13/h4-7,10H,3,8-9H2,1-2H3/b16-10-. The van der Waals surface area contributed by atoms with Gasteiger partial charge in [0.15, 0.2) is 5.78 Å². The minimum Gasteiger partial charge on any atom is -0.463 e. The van der Waals surface area contributed by atoms with Gasteiger partial charge in [-0.15, -0.1) is 0 Å². The van der Waals surface area contributed by atoms with E-state index < -0.39 is 0 Å². The van der Waals surface area contributed by atoms with Crippen molar-refractivity contribution in [3.63, 3.8) is 0 Å². The van der Waals surface area contributed by atoms with Gasteiger partial charge in [-0.25, -0.2) is 4.79 Å². The summed E-state index contributed by atoms with van der Waals surface area (Å²) in [4.78, 5) is 24.1. The molecule has 0 radical (unpaired) electrons. The zero-order valence-corrected chi connectivity index (χ0v) is 12.7. The molecule has 0 saturated carbocycles. The second-order valence-corrected chi connectivity index (χ2v) is 5.04. The molecule has 0 fully saturated rings. The number of hydrogen-bond acceptors (Lipinski definition) is 4. The minimum atomic E-state index is -0.349. The van der Waals surface area contributed by atoms with Crippen LogP contribution in [0.3, 0.4) is 0 Å². The number of hydrogen-bond donors (Lipinski definition) is 0. The lowest BCUT2D eigenvalue weighted by molar-refractivity contribution is -0.138. The fourth-order valence-electron chi connectivity index (χ4n) is 2.42. The fraction of sp³-hybridized carbons (Fsp3) is 0.278. The summed E-state index contributed by atoms with van der Waals surface area (Å²) in [5.41, 5.74) is 3.18. The first-order chi connectivity index (χ1) is 10.6. The lowest BCUT2D eigenvalue weighted by Crippen LogP contribution is -2.18. The molecular weight excluding hydrogens is 278 g/mol. The molecule has 0 heterocycles. The van der Waals surface area contributed by atoms with E-state index >= 15 is 0 Å². The van der Waals surface area contributed by atoms with Crippen LogP contribution in [0.25, 0.3) is 6.08 Å². The molecule has 1 aliphatic carbocycles. The van der Waals surface area contributed by atoms with E-state index in [1.807, 2.05) is 0 Å². The number of carbonyl (C=O) groups is 2. The van der Waals surface area contributed by atoms with Crippen LogP contribution < -0.4 is 0 Å². The zero-order valence-electron chi connectivity index (χ0n) is 12.7. The average molecular weight is 295 g/mol. The Morgan fingerprint density at radius 2 is 2.00 bits per heavy atom. The molecule has 0 atom stereocenters. The van der Waals surface area contributed by atoms with Gasteiger partial charge in [-0.1, -0.05) is 12.1 Å². The predicted molar refractivity (Wildman–Crippen MR) is 82.7 cm³/mol. The molecule has 0 unspecified atom stereocenters. The van der Waals surface area contributed by atoms with Crippen molar-refractivity contribution in [2.75, 3.05) is 6.61 Å². The molecule has 4 heteroatoms. The number of allylic oxidation sites excluding steroid dienone is 2. The number of ketones is 1. The van der Waals surface area contributed by atoms with Crippen molar-refractivity contribution in [1.82, 2.24) is 0 Å². The number of nitriles is 1. The molecular formula is C18H17NO3. The van der Waals surface area contributed by atoms with Gasteiger partial charge < -0.3 is 4.74 Å². The second-order valence-electron chi connectivity index (χ2n) is 5.04. The van der Waals surface area contributed by atoms with E-state index in [1.54, 1.807) is 44.2 Å². The molecule has 2 rings (SSSR count). The third-order valence-corrected chi connectivity index (χ3v) is 3.63. The van der Waals surface area contributed by atoms with E-state index in [2.05, 4.69) is 6.07 Å². The quantitative estimate of drug-likeness (QED) is 0.634. The van der Waals surface area contributed by atoms with Crippen LogP contribution in [0.4, 0.5) is 0 Å². The molecule has 0 aromatic heterocycles. The van der Waals surface area contributed by atoms with Gasteiger partial charge in [-0.2, -0.15) is 5.26 Å². The smallest absolute Gasteiger partial charge is 0.334 e. The van der Waals surface area contributed by atoms with Crippen molar-refractivity contribution >= 4 is 17.8 Å². The highest BCUT2D eigenvalue weighted by Gasteiger charge is 2.25. The molecule has 22 heavy (non-hydrogen) atoms. The van der Waals surface area contributed by atoms with Crippen LogP contribution in [0.5, 0.6) is 0 Å². The third-order valence-electron chi connectivity index (χ3n) is 3.63.